The van der Waals surface area contributed by atoms with Crippen molar-refractivity contribution in [1.82, 2.24) is 4.57 Å². The minimum absolute atomic E-state index is 0.112. The highest BCUT2D eigenvalue weighted by atomic mass is 32.1. The summed E-state index contributed by atoms with van der Waals surface area (Å²) in [6.45, 7) is 1.99. The summed E-state index contributed by atoms with van der Waals surface area (Å²) in [7, 11) is 2.98. The molecule has 1 aromatic heterocycles. The number of nitro benzene ring substituents is 1. The van der Waals surface area contributed by atoms with E-state index in [1.807, 2.05) is 60.7 Å². The van der Waals surface area contributed by atoms with Gasteiger partial charge in [0.2, 0.25) is 0 Å². The number of carbonyl (C=O) groups excluding carboxylic acids is 1. The Bertz CT molecular complexity index is 2230. The Hall–Kier alpha value is -6.01. The maximum atomic E-state index is 14.3. The molecule has 1 aliphatic rings. The number of nitro groups is 1. The van der Waals surface area contributed by atoms with Crippen LogP contribution >= 0.6 is 11.3 Å². The van der Waals surface area contributed by atoms with Crippen LogP contribution in [0.25, 0.3) is 11.8 Å². The Balaban J connectivity index is 1.55. The number of ether oxygens (including phenoxy) is 4. The monoisotopic (exact) mass is 677 g/mol. The number of aromatic nitrogens is 1. The number of fused-ring (bicyclic) bond motifs is 1. The summed E-state index contributed by atoms with van der Waals surface area (Å²) in [5.41, 5.74) is 2.06. The number of esters is 1. The van der Waals surface area contributed by atoms with E-state index in [0.717, 1.165) is 16.9 Å². The molecule has 0 fully saturated rings. The van der Waals surface area contributed by atoms with Gasteiger partial charge in [-0.2, -0.15) is 0 Å². The fourth-order valence-corrected chi connectivity index (χ4v) is 6.52. The molecule has 0 N–H and O–H groups in total. The van der Waals surface area contributed by atoms with Crippen molar-refractivity contribution in [2.75, 3.05) is 20.8 Å². The normalized spacial score (nSPS) is 14.1. The second-order valence-electron chi connectivity index (χ2n) is 10.8. The van der Waals surface area contributed by atoms with Gasteiger partial charge in [0.1, 0.15) is 12.4 Å². The Morgan fingerprint density at radius 2 is 1.65 bits per heavy atom. The minimum Gasteiger partial charge on any atom is -0.497 e. The lowest BCUT2D eigenvalue weighted by Crippen LogP contribution is -2.40. The lowest BCUT2D eigenvalue weighted by atomic mass is 9.93. The summed E-state index contributed by atoms with van der Waals surface area (Å²) in [6.07, 6.45) is 1.44. The number of rotatable bonds is 11. The fourth-order valence-electron chi connectivity index (χ4n) is 5.53. The molecule has 0 bridgehead atoms. The number of nitrogens with zero attached hydrogens (tertiary/aromatic N) is 3. The molecule has 2 heterocycles. The lowest BCUT2D eigenvalue weighted by molar-refractivity contribution is -0.385. The van der Waals surface area contributed by atoms with E-state index in [1.165, 1.54) is 29.9 Å². The summed E-state index contributed by atoms with van der Waals surface area (Å²) in [4.78, 5) is 44.9. The first-order valence-corrected chi connectivity index (χ1v) is 16.1. The molecule has 0 saturated carbocycles. The smallest absolute Gasteiger partial charge is 0.338 e. The van der Waals surface area contributed by atoms with Crippen molar-refractivity contribution in [1.29, 1.82) is 0 Å². The van der Waals surface area contributed by atoms with Gasteiger partial charge < -0.3 is 18.9 Å². The van der Waals surface area contributed by atoms with Crippen molar-refractivity contribution in [3.8, 4) is 17.2 Å². The van der Waals surface area contributed by atoms with Crippen LogP contribution in [-0.4, -0.2) is 36.3 Å². The average molecular weight is 678 g/mol. The molecule has 5 aromatic rings. The Kier molecular flexibility index (Phi) is 9.67. The standard InChI is InChI=1S/C37H31N3O8S/c1-4-47-36(42)32-33(24-13-9-6-10-14-24)38-37-39(34(32)25-15-17-27(45-2)18-16-25)35(41)31(49-37)20-26-19-29(46-3)30(21-28(26)40(43)44)48-22-23-11-7-5-8-12-23/h5-21,34H,4,22H2,1-3H3/b31-20-/t34-/m0/s1. The predicted molar refractivity (Wildman–Crippen MR) is 184 cm³/mol. The number of thiazole rings is 1. The molecule has 1 atom stereocenters. The molecule has 248 valence electrons. The molecule has 0 amide bonds. The van der Waals surface area contributed by atoms with Crippen LogP contribution in [0.5, 0.6) is 17.2 Å². The van der Waals surface area contributed by atoms with Gasteiger partial charge >= 0.3 is 5.97 Å². The summed E-state index contributed by atoms with van der Waals surface area (Å²) >= 11 is 1.06. The third-order valence-corrected chi connectivity index (χ3v) is 8.82. The van der Waals surface area contributed by atoms with Gasteiger partial charge in [-0.3, -0.25) is 19.5 Å². The minimum atomic E-state index is -0.920. The third-order valence-electron chi connectivity index (χ3n) is 7.84. The SMILES string of the molecule is CCOC(=O)C1=C(c2ccccc2)N=c2s/c(=C\c3cc(OC)c(OCc4ccccc4)cc3[N+](=O)[O-])c(=O)n2[C@H]1c1ccc(OC)cc1. The molecular formula is C37H31N3O8S. The van der Waals surface area contributed by atoms with E-state index in [0.29, 0.717) is 27.4 Å². The van der Waals surface area contributed by atoms with E-state index in [9.17, 15) is 19.7 Å². The van der Waals surface area contributed by atoms with Gasteiger partial charge in [-0.25, -0.2) is 9.79 Å². The van der Waals surface area contributed by atoms with Crippen LogP contribution in [0.3, 0.4) is 0 Å². The van der Waals surface area contributed by atoms with Crippen molar-refractivity contribution in [3.63, 3.8) is 0 Å². The van der Waals surface area contributed by atoms with Crippen LogP contribution in [0.4, 0.5) is 5.69 Å². The number of benzene rings is 4. The van der Waals surface area contributed by atoms with Crippen molar-refractivity contribution >= 4 is 34.8 Å². The molecule has 0 radical (unpaired) electrons. The molecular weight excluding hydrogens is 646 g/mol. The average Bonchev–Trinajstić information content (AvgIpc) is 3.44. The summed E-state index contributed by atoms with van der Waals surface area (Å²) < 4.78 is 23.9. The Morgan fingerprint density at radius 3 is 2.29 bits per heavy atom. The first-order valence-electron chi connectivity index (χ1n) is 15.3. The van der Waals surface area contributed by atoms with Gasteiger partial charge in [-0.15, -0.1) is 0 Å². The van der Waals surface area contributed by atoms with Crippen LogP contribution in [0, 0.1) is 10.1 Å². The summed E-state index contributed by atoms with van der Waals surface area (Å²) in [6, 6.07) is 27.4. The molecule has 1 aliphatic heterocycles. The van der Waals surface area contributed by atoms with E-state index in [1.54, 1.807) is 38.3 Å². The fraction of sp³-hybridized carbons (Fsp3) is 0.162. The third kappa shape index (κ3) is 6.72. The Morgan fingerprint density at radius 1 is 0.959 bits per heavy atom. The van der Waals surface area contributed by atoms with Crippen LogP contribution < -0.4 is 29.1 Å². The number of hydrogen-bond acceptors (Lipinski definition) is 10. The van der Waals surface area contributed by atoms with Gasteiger partial charge in [-0.1, -0.05) is 84.1 Å². The van der Waals surface area contributed by atoms with Gasteiger partial charge in [0.15, 0.2) is 16.3 Å². The number of methoxy groups -OCH3 is 2. The Labute approximate surface area is 284 Å². The molecule has 11 nitrogen and oxygen atoms in total. The van der Waals surface area contributed by atoms with Gasteiger partial charge in [-0.05, 0) is 42.3 Å². The molecule has 6 rings (SSSR count). The van der Waals surface area contributed by atoms with Crippen molar-refractivity contribution in [2.24, 2.45) is 4.99 Å². The van der Waals surface area contributed by atoms with Crippen LogP contribution in [0.1, 0.15) is 35.2 Å². The van der Waals surface area contributed by atoms with Crippen LogP contribution in [0.15, 0.2) is 112 Å². The molecule has 0 saturated heterocycles. The number of hydrogen-bond donors (Lipinski definition) is 0. The van der Waals surface area contributed by atoms with Gasteiger partial charge in [0.25, 0.3) is 11.2 Å². The van der Waals surface area contributed by atoms with Gasteiger partial charge in [0.05, 0.1) is 59.2 Å². The molecule has 4 aromatic carbocycles. The van der Waals surface area contributed by atoms with Gasteiger partial charge in [0, 0.05) is 5.56 Å². The van der Waals surface area contributed by atoms with Crippen molar-refractivity contribution in [2.45, 2.75) is 19.6 Å². The summed E-state index contributed by atoms with van der Waals surface area (Å²) in [5.74, 6) is 0.417. The highest BCUT2D eigenvalue weighted by Gasteiger charge is 2.35. The largest absolute Gasteiger partial charge is 0.497 e. The lowest BCUT2D eigenvalue weighted by Gasteiger charge is -2.26. The highest BCUT2D eigenvalue weighted by molar-refractivity contribution is 7.07. The zero-order chi connectivity index (χ0) is 34.5. The van der Waals surface area contributed by atoms with E-state index in [2.05, 4.69) is 0 Å². The zero-order valence-electron chi connectivity index (χ0n) is 26.8. The predicted octanol–water partition coefficient (Wildman–Crippen LogP) is 5.44. The maximum Gasteiger partial charge on any atom is 0.338 e. The highest BCUT2D eigenvalue weighted by Crippen LogP contribution is 2.37. The summed E-state index contributed by atoms with van der Waals surface area (Å²) in [5, 5.41) is 12.3. The van der Waals surface area contributed by atoms with E-state index in [-0.39, 0.29) is 46.1 Å². The van der Waals surface area contributed by atoms with E-state index in [4.69, 9.17) is 23.9 Å². The number of carbonyl (C=O) groups is 1. The first-order chi connectivity index (χ1) is 23.8. The molecule has 0 spiro atoms. The maximum absolute atomic E-state index is 14.3. The zero-order valence-corrected chi connectivity index (χ0v) is 27.6. The van der Waals surface area contributed by atoms with E-state index < -0.39 is 22.5 Å². The second kappa shape index (κ2) is 14.4. The molecule has 12 heteroatoms. The second-order valence-corrected chi connectivity index (χ2v) is 11.8. The molecule has 0 aliphatic carbocycles. The first kappa shape index (κ1) is 32.9. The van der Waals surface area contributed by atoms with Crippen molar-refractivity contribution in [3.05, 3.63) is 155 Å². The van der Waals surface area contributed by atoms with Crippen LogP contribution in [-0.2, 0) is 16.1 Å². The van der Waals surface area contributed by atoms with Crippen LogP contribution in [0.2, 0.25) is 0 Å². The quantitative estimate of drug-likeness (QED) is 0.103. The molecule has 0 unspecified atom stereocenters. The van der Waals surface area contributed by atoms with Crippen molar-refractivity contribution < 1.29 is 28.7 Å². The van der Waals surface area contributed by atoms with E-state index >= 15 is 0 Å². The topological polar surface area (TPSA) is 131 Å². The molecule has 49 heavy (non-hydrogen) atoms.